The van der Waals surface area contributed by atoms with E-state index in [1.807, 2.05) is 40.8 Å². The number of halogens is 1. The maximum absolute atomic E-state index is 10.8. The van der Waals surface area contributed by atoms with Crippen LogP contribution >= 0.6 is 11.6 Å². The average Bonchev–Trinajstić information content (AvgIpc) is 3.58. The molecule has 0 aromatic heterocycles. The van der Waals surface area contributed by atoms with E-state index < -0.39 is 11.7 Å². The molecule has 210 valence electrons. The lowest BCUT2D eigenvalue weighted by Gasteiger charge is -2.34. The van der Waals surface area contributed by atoms with Gasteiger partial charge in [-0.1, -0.05) is 49.7 Å². The Morgan fingerprint density at radius 1 is 1.16 bits per heavy atom. The summed E-state index contributed by atoms with van der Waals surface area (Å²) in [6.45, 7) is 11.4. The van der Waals surface area contributed by atoms with Gasteiger partial charge in [-0.05, 0) is 94.4 Å². The van der Waals surface area contributed by atoms with E-state index in [1.165, 1.54) is 24.0 Å². The van der Waals surface area contributed by atoms with Crippen LogP contribution in [-0.2, 0) is 17.6 Å². The van der Waals surface area contributed by atoms with Gasteiger partial charge in [-0.15, -0.1) is 0 Å². The van der Waals surface area contributed by atoms with Crippen molar-refractivity contribution in [2.45, 2.75) is 77.5 Å². The van der Waals surface area contributed by atoms with Gasteiger partial charge in [0, 0.05) is 19.0 Å². The van der Waals surface area contributed by atoms with Gasteiger partial charge < -0.3 is 29.6 Å². The highest BCUT2D eigenvalue weighted by atomic mass is 35.5. The van der Waals surface area contributed by atoms with E-state index in [0.717, 1.165) is 44.3 Å². The second-order valence-electron chi connectivity index (χ2n) is 10.8. The molecule has 38 heavy (non-hydrogen) atoms. The Labute approximate surface area is 233 Å². The number of ether oxygens (including phenoxy) is 2. The smallest absolute Gasteiger partial charge is 0.180 e. The summed E-state index contributed by atoms with van der Waals surface area (Å²) in [6, 6.07) is 12.0. The summed E-state index contributed by atoms with van der Waals surface area (Å²) >= 11 is 6.39. The molecule has 0 bridgehead atoms. The standard InChI is InChI=1S/C18H27ClN2O3.C11H12O.C2H6/c1-18(2)11-23-15-9-12(8-13(19)17(15)24-18)16(22)14(20-3)10-21-6-4-5-7-21;12-6-5-9-7-10-3-1-2-4-11(10)8-9;1-2/h8-9,14,16,20,22H,4-7,10-11H2,1-3H3;1-4,6,9H,5,7-8H2;1-2H3. The number of rotatable bonds is 7. The number of nitrogens with one attached hydrogen (secondary N) is 1. The highest BCUT2D eigenvalue weighted by Gasteiger charge is 2.32. The fourth-order valence-corrected chi connectivity index (χ4v) is 5.56. The number of likely N-dealkylation sites (N-methyl/N-ethyl adjacent to an activating group) is 1. The molecule has 2 aromatic rings. The van der Waals surface area contributed by atoms with Crippen LogP contribution in [0.3, 0.4) is 0 Å². The van der Waals surface area contributed by atoms with Crippen molar-refractivity contribution in [2.75, 3.05) is 33.3 Å². The van der Waals surface area contributed by atoms with Crippen LogP contribution in [0.2, 0.25) is 5.02 Å². The number of hydrogen-bond donors (Lipinski definition) is 2. The minimum atomic E-state index is -0.656. The maximum Gasteiger partial charge on any atom is 0.180 e. The van der Waals surface area contributed by atoms with E-state index in [9.17, 15) is 9.90 Å². The second-order valence-corrected chi connectivity index (χ2v) is 11.2. The van der Waals surface area contributed by atoms with E-state index in [2.05, 4.69) is 34.5 Å². The van der Waals surface area contributed by atoms with Gasteiger partial charge >= 0.3 is 0 Å². The molecular weight excluding hydrogens is 500 g/mol. The van der Waals surface area contributed by atoms with Crippen molar-refractivity contribution in [3.8, 4) is 11.5 Å². The summed E-state index contributed by atoms with van der Waals surface area (Å²) < 4.78 is 11.7. The Kier molecular flexibility index (Phi) is 11.5. The number of carbonyl (C=O) groups excluding carboxylic acids is 1. The number of aliphatic hydroxyl groups is 1. The van der Waals surface area contributed by atoms with Crippen molar-refractivity contribution in [3.63, 3.8) is 0 Å². The van der Waals surface area contributed by atoms with Crippen LogP contribution in [0.15, 0.2) is 36.4 Å². The lowest BCUT2D eigenvalue weighted by atomic mass is 10.0. The molecule has 2 unspecified atom stereocenters. The third kappa shape index (κ3) is 7.95. The van der Waals surface area contributed by atoms with Crippen LogP contribution in [-0.4, -0.2) is 61.2 Å². The Bertz CT molecular complexity index is 1010. The third-order valence-electron chi connectivity index (χ3n) is 7.30. The van der Waals surface area contributed by atoms with Gasteiger partial charge in [0.1, 0.15) is 18.5 Å². The number of fused-ring (bicyclic) bond motifs is 2. The number of hydrogen-bond acceptors (Lipinski definition) is 6. The zero-order valence-electron chi connectivity index (χ0n) is 23.6. The Morgan fingerprint density at radius 2 is 1.79 bits per heavy atom. The Balaban J connectivity index is 0.000000238. The molecule has 0 radical (unpaired) electrons. The Hall–Kier alpha value is -2.12. The van der Waals surface area contributed by atoms with E-state index in [-0.39, 0.29) is 6.04 Å². The van der Waals surface area contributed by atoms with Gasteiger partial charge in [-0.3, -0.25) is 0 Å². The van der Waals surface area contributed by atoms with E-state index in [1.54, 1.807) is 6.07 Å². The molecule has 7 heteroatoms. The number of aliphatic hydroxyl groups excluding tert-OH is 1. The molecule has 0 spiro atoms. The average molecular weight is 545 g/mol. The van der Waals surface area contributed by atoms with Crippen molar-refractivity contribution in [3.05, 3.63) is 58.1 Å². The number of likely N-dealkylation sites (tertiary alicyclic amines) is 1. The van der Waals surface area contributed by atoms with Gasteiger partial charge in [-0.25, -0.2) is 0 Å². The summed E-state index contributed by atoms with van der Waals surface area (Å²) in [5, 5.41) is 14.5. The van der Waals surface area contributed by atoms with E-state index in [0.29, 0.717) is 35.5 Å². The Morgan fingerprint density at radius 3 is 2.37 bits per heavy atom. The molecule has 5 rings (SSSR count). The van der Waals surface area contributed by atoms with Gasteiger partial charge in [0.05, 0.1) is 11.1 Å². The molecule has 3 aliphatic rings. The lowest BCUT2D eigenvalue weighted by Crippen LogP contribution is -2.42. The molecule has 2 aliphatic heterocycles. The quantitative estimate of drug-likeness (QED) is 0.441. The molecule has 0 amide bonds. The summed E-state index contributed by atoms with van der Waals surface area (Å²) in [5.41, 5.74) is 3.22. The summed E-state index contributed by atoms with van der Waals surface area (Å²) in [6.07, 6.45) is 5.75. The first kappa shape index (κ1) is 30.4. The van der Waals surface area contributed by atoms with Gasteiger partial charge in [-0.2, -0.15) is 0 Å². The van der Waals surface area contributed by atoms with Crippen LogP contribution in [0.1, 0.15) is 69.8 Å². The summed E-state index contributed by atoms with van der Waals surface area (Å²) in [7, 11) is 1.88. The number of aldehydes is 1. The highest BCUT2D eigenvalue weighted by molar-refractivity contribution is 6.32. The van der Waals surface area contributed by atoms with Gasteiger partial charge in [0.15, 0.2) is 11.5 Å². The van der Waals surface area contributed by atoms with Crippen LogP contribution in [0.5, 0.6) is 11.5 Å². The lowest BCUT2D eigenvalue weighted by molar-refractivity contribution is -0.108. The first-order valence-corrected chi connectivity index (χ1v) is 14.4. The molecule has 1 fully saturated rings. The predicted octanol–water partition coefficient (Wildman–Crippen LogP) is 5.62. The van der Waals surface area contributed by atoms with Gasteiger partial charge in [0.2, 0.25) is 0 Å². The molecule has 1 saturated heterocycles. The molecular formula is C31H45ClN2O4. The largest absolute Gasteiger partial charge is 0.485 e. The molecule has 6 nitrogen and oxygen atoms in total. The predicted molar refractivity (Wildman–Crippen MR) is 155 cm³/mol. The first-order chi connectivity index (χ1) is 18.3. The molecule has 2 aromatic carbocycles. The topological polar surface area (TPSA) is 71.0 Å². The third-order valence-corrected chi connectivity index (χ3v) is 7.58. The molecule has 2 heterocycles. The minimum Gasteiger partial charge on any atom is -0.485 e. The van der Waals surface area contributed by atoms with E-state index in [4.69, 9.17) is 21.1 Å². The molecule has 2 N–H and O–H groups in total. The van der Waals surface area contributed by atoms with Crippen molar-refractivity contribution in [2.24, 2.45) is 5.92 Å². The number of nitrogens with zero attached hydrogens (tertiary/aromatic N) is 1. The highest BCUT2D eigenvalue weighted by Crippen LogP contribution is 2.43. The van der Waals surface area contributed by atoms with Crippen molar-refractivity contribution < 1.29 is 19.4 Å². The van der Waals surface area contributed by atoms with Crippen LogP contribution in [0.4, 0.5) is 0 Å². The van der Waals surface area contributed by atoms with Crippen LogP contribution in [0.25, 0.3) is 0 Å². The molecule has 1 aliphatic carbocycles. The normalized spacial score (nSPS) is 19.3. The van der Waals surface area contributed by atoms with Crippen molar-refractivity contribution >= 4 is 17.9 Å². The summed E-state index contributed by atoms with van der Waals surface area (Å²) in [5.74, 6) is 1.73. The van der Waals surface area contributed by atoms with E-state index >= 15 is 0 Å². The zero-order valence-corrected chi connectivity index (χ0v) is 24.4. The molecule has 0 saturated carbocycles. The zero-order chi connectivity index (χ0) is 27.7. The monoisotopic (exact) mass is 544 g/mol. The number of carbonyl (C=O) groups is 1. The maximum atomic E-state index is 10.8. The van der Waals surface area contributed by atoms with Crippen LogP contribution < -0.4 is 14.8 Å². The number of benzene rings is 2. The van der Waals surface area contributed by atoms with Crippen molar-refractivity contribution in [1.82, 2.24) is 10.2 Å². The minimum absolute atomic E-state index is 0.0573. The fraction of sp³-hybridized carbons (Fsp3) is 0.581. The second kappa shape index (κ2) is 14.3. The van der Waals surface area contributed by atoms with Crippen molar-refractivity contribution in [1.29, 1.82) is 0 Å². The van der Waals surface area contributed by atoms with Crippen LogP contribution in [0, 0.1) is 5.92 Å². The SMILES string of the molecule is CC.CNC(CN1CCCC1)C(O)c1cc(Cl)c2c(c1)OCC(C)(C)O2.O=CCC1Cc2ccccc2C1. The van der Waals surface area contributed by atoms with Gasteiger partial charge in [0.25, 0.3) is 0 Å². The fourth-order valence-electron chi connectivity index (χ4n) is 5.30. The molecule has 2 atom stereocenters. The first-order valence-electron chi connectivity index (χ1n) is 14.0. The summed E-state index contributed by atoms with van der Waals surface area (Å²) in [4.78, 5) is 12.7.